The Morgan fingerprint density at radius 1 is 0.960 bits per heavy atom. The lowest BCUT2D eigenvalue weighted by Gasteiger charge is -2.36. The first-order valence-corrected chi connectivity index (χ1v) is 9.51. The van der Waals surface area contributed by atoms with Crippen molar-refractivity contribution in [3.8, 4) is 0 Å². The van der Waals surface area contributed by atoms with Crippen LogP contribution in [0.25, 0.3) is 0 Å². The van der Waals surface area contributed by atoms with E-state index in [-0.39, 0.29) is 0 Å². The van der Waals surface area contributed by atoms with E-state index in [1.54, 1.807) is 0 Å². The highest BCUT2D eigenvalue weighted by Gasteiger charge is 2.19. The molecular formula is C19H21Cl2N3S. The lowest BCUT2D eigenvalue weighted by atomic mass is 10.2. The fourth-order valence-electron chi connectivity index (χ4n) is 2.87. The Bertz CT molecular complexity index is 713. The van der Waals surface area contributed by atoms with Crippen LogP contribution < -0.4 is 5.32 Å². The Balaban J connectivity index is 1.44. The number of hydrogen-bond acceptors (Lipinski definition) is 2. The van der Waals surface area contributed by atoms with E-state index in [0.29, 0.717) is 0 Å². The Kier molecular flexibility index (Phi) is 6.54. The molecule has 0 amide bonds. The Labute approximate surface area is 164 Å². The Morgan fingerprint density at radius 3 is 2.32 bits per heavy atom. The van der Waals surface area contributed by atoms with E-state index in [1.807, 2.05) is 42.5 Å². The lowest BCUT2D eigenvalue weighted by molar-refractivity contribution is 0.174. The number of nitrogens with one attached hydrogen (secondary N) is 1. The van der Waals surface area contributed by atoms with Gasteiger partial charge in [0.1, 0.15) is 0 Å². The van der Waals surface area contributed by atoms with Gasteiger partial charge in [0.05, 0.1) is 0 Å². The maximum atomic E-state index is 6.26. The van der Waals surface area contributed by atoms with Crippen LogP contribution in [0.5, 0.6) is 0 Å². The zero-order chi connectivity index (χ0) is 17.6. The van der Waals surface area contributed by atoms with Crippen LogP contribution in [-0.2, 0) is 13.1 Å². The molecule has 2 aromatic carbocycles. The van der Waals surface area contributed by atoms with Gasteiger partial charge in [0.2, 0.25) is 0 Å². The van der Waals surface area contributed by atoms with E-state index in [4.69, 9.17) is 35.4 Å². The van der Waals surface area contributed by atoms with Crippen molar-refractivity contribution in [3.63, 3.8) is 0 Å². The molecule has 3 rings (SSSR count). The summed E-state index contributed by atoms with van der Waals surface area (Å²) in [6, 6.07) is 15.9. The molecule has 1 saturated heterocycles. The van der Waals surface area contributed by atoms with Gasteiger partial charge in [-0.05, 0) is 41.5 Å². The predicted octanol–water partition coefficient (Wildman–Crippen LogP) is 4.19. The van der Waals surface area contributed by atoms with Crippen molar-refractivity contribution in [2.45, 2.75) is 13.1 Å². The molecule has 0 spiro atoms. The molecule has 0 atom stereocenters. The number of halogens is 2. The largest absolute Gasteiger partial charge is 0.358 e. The zero-order valence-corrected chi connectivity index (χ0v) is 16.2. The molecule has 25 heavy (non-hydrogen) atoms. The van der Waals surface area contributed by atoms with Gasteiger partial charge in [-0.1, -0.05) is 53.5 Å². The quantitative estimate of drug-likeness (QED) is 0.784. The standard InChI is InChI=1S/C19H21Cl2N3S/c20-17-7-5-15(6-8-17)13-22-19(25)24-11-9-23(10-12-24)14-16-3-1-2-4-18(16)21/h1-8H,9-14H2,(H,22,25). The highest BCUT2D eigenvalue weighted by molar-refractivity contribution is 7.80. The number of thiocarbonyl (C=S) groups is 1. The van der Waals surface area contributed by atoms with Crippen LogP contribution in [-0.4, -0.2) is 41.1 Å². The molecule has 1 aliphatic rings. The van der Waals surface area contributed by atoms with Gasteiger partial charge in [-0.2, -0.15) is 0 Å². The molecule has 2 aromatic rings. The lowest BCUT2D eigenvalue weighted by Crippen LogP contribution is -2.51. The molecule has 1 aliphatic heterocycles. The number of benzene rings is 2. The SMILES string of the molecule is S=C(NCc1ccc(Cl)cc1)N1CCN(Cc2ccccc2Cl)CC1. The van der Waals surface area contributed by atoms with Crippen molar-refractivity contribution in [2.75, 3.05) is 26.2 Å². The van der Waals surface area contributed by atoms with Gasteiger partial charge < -0.3 is 10.2 Å². The molecule has 0 radical (unpaired) electrons. The molecule has 0 bridgehead atoms. The number of piperazine rings is 1. The van der Waals surface area contributed by atoms with E-state index in [2.05, 4.69) is 21.2 Å². The van der Waals surface area contributed by atoms with Gasteiger partial charge in [0.15, 0.2) is 5.11 Å². The molecule has 6 heteroatoms. The van der Waals surface area contributed by atoms with Crippen LogP contribution in [0.15, 0.2) is 48.5 Å². The third-order valence-corrected chi connectivity index (χ3v) is 5.39. The summed E-state index contributed by atoms with van der Waals surface area (Å²) in [5.41, 5.74) is 2.35. The molecule has 1 fully saturated rings. The van der Waals surface area contributed by atoms with Gasteiger partial charge in [-0.25, -0.2) is 0 Å². The predicted molar refractivity (Wildman–Crippen MR) is 109 cm³/mol. The van der Waals surface area contributed by atoms with Gasteiger partial charge in [0.25, 0.3) is 0 Å². The molecule has 0 aliphatic carbocycles. The normalized spacial score (nSPS) is 15.2. The molecule has 132 valence electrons. The molecule has 0 saturated carbocycles. The second-order valence-corrected chi connectivity index (χ2v) is 7.37. The molecule has 1 N–H and O–H groups in total. The summed E-state index contributed by atoms with van der Waals surface area (Å²) in [4.78, 5) is 4.65. The zero-order valence-electron chi connectivity index (χ0n) is 13.9. The topological polar surface area (TPSA) is 18.5 Å². The van der Waals surface area contributed by atoms with E-state index in [0.717, 1.165) is 54.4 Å². The van der Waals surface area contributed by atoms with Gasteiger partial charge in [-0.3, -0.25) is 4.90 Å². The Morgan fingerprint density at radius 2 is 1.64 bits per heavy atom. The maximum absolute atomic E-state index is 6.26. The van der Waals surface area contributed by atoms with Crippen molar-refractivity contribution in [1.82, 2.24) is 15.1 Å². The monoisotopic (exact) mass is 393 g/mol. The fraction of sp³-hybridized carbons (Fsp3) is 0.316. The van der Waals surface area contributed by atoms with Crippen molar-refractivity contribution in [1.29, 1.82) is 0 Å². The Hall–Kier alpha value is -1.33. The second-order valence-electron chi connectivity index (χ2n) is 6.14. The summed E-state index contributed by atoms with van der Waals surface area (Å²) in [6.45, 7) is 5.42. The second kappa shape index (κ2) is 8.86. The highest BCUT2D eigenvalue weighted by atomic mass is 35.5. The van der Waals surface area contributed by atoms with Gasteiger partial charge in [0, 0.05) is 49.3 Å². The summed E-state index contributed by atoms with van der Waals surface area (Å²) >= 11 is 17.7. The average Bonchev–Trinajstić information content (AvgIpc) is 2.63. The van der Waals surface area contributed by atoms with Crippen LogP contribution >= 0.6 is 35.4 Å². The van der Waals surface area contributed by atoms with E-state index in [1.165, 1.54) is 11.1 Å². The van der Waals surface area contributed by atoms with Crippen LogP contribution in [0.4, 0.5) is 0 Å². The minimum atomic E-state index is 0.718. The van der Waals surface area contributed by atoms with Crippen molar-refractivity contribution < 1.29 is 0 Å². The number of hydrogen-bond donors (Lipinski definition) is 1. The van der Waals surface area contributed by atoms with Crippen molar-refractivity contribution in [3.05, 3.63) is 69.7 Å². The molecule has 0 unspecified atom stereocenters. The van der Waals surface area contributed by atoms with Crippen LogP contribution in [0.2, 0.25) is 10.0 Å². The third-order valence-electron chi connectivity index (χ3n) is 4.37. The van der Waals surface area contributed by atoms with Crippen LogP contribution in [0.1, 0.15) is 11.1 Å². The maximum Gasteiger partial charge on any atom is 0.169 e. The summed E-state index contributed by atoms with van der Waals surface area (Å²) in [7, 11) is 0. The first-order chi connectivity index (χ1) is 12.1. The summed E-state index contributed by atoms with van der Waals surface area (Å²) < 4.78 is 0. The van der Waals surface area contributed by atoms with Crippen LogP contribution in [0, 0.1) is 0 Å². The highest BCUT2D eigenvalue weighted by Crippen LogP contribution is 2.18. The average molecular weight is 394 g/mol. The molecular weight excluding hydrogens is 373 g/mol. The van der Waals surface area contributed by atoms with Gasteiger partial charge >= 0.3 is 0 Å². The first-order valence-electron chi connectivity index (χ1n) is 8.35. The van der Waals surface area contributed by atoms with E-state index in [9.17, 15) is 0 Å². The minimum Gasteiger partial charge on any atom is -0.358 e. The molecule has 3 nitrogen and oxygen atoms in total. The first kappa shape index (κ1) is 18.5. The fourth-order valence-corrected chi connectivity index (χ4v) is 3.44. The molecule has 0 aromatic heterocycles. The minimum absolute atomic E-state index is 0.718. The van der Waals surface area contributed by atoms with Crippen molar-refractivity contribution >= 4 is 40.5 Å². The van der Waals surface area contributed by atoms with Crippen LogP contribution in [0.3, 0.4) is 0 Å². The molecule has 1 heterocycles. The third kappa shape index (κ3) is 5.32. The summed E-state index contributed by atoms with van der Waals surface area (Å²) in [5.74, 6) is 0. The van der Waals surface area contributed by atoms with Gasteiger partial charge in [-0.15, -0.1) is 0 Å². The number of nitrogens with zero attached hydrogens (tertiary/aromatic N) is 2. The number of rotatable bonds is 4. The van der Waals surface area contributed by atoms with Crippen molar-refractivity contribution in [2.24, 2.45) is 0 Å². The van der Waals surface area contributed by atoms with E-state index >= 15 is 0 Å². The summed E-state index contributed by atoms with van der Waals surface area (Å²) in [5, 5.41) is 5.74. The smallest absolute Gasteiger partial charge is 0.169 e. The summed E-state index contributed by atoms with van der Waals surface area (Å²) in [6.07, 6.45) is 0. The van der Waals surface area contributed by atoms with E-state index < -0.39 is 0 Å².